The summed E-state index contributed by atoms with van der Waals surface area (Å²) in [5.41, 5.74) is 0.736. The second-order valence-corrected chi connectivity index (χ2v) is 5.99. The van der Waals surface area contributed by atoms with Gasteiger partial charge in [0.05, 0.1) is 20.4 Å². The molecule has 1 aromatic heterocycles. The highest BCUT2D eigenvalue weighted by atomic mass is 16.5. The van der Waals surface area contributed by atoms with E-state index in [0.29, 0.717) is 30.3 Å². The highest BCUT2D eigenvalue weighted by molar-refractivity contribution is 5.74. The van der Waals surface area contributed by atoms with E-state index in [4.69, 9.17) is 14.2 Å². The first-order chi connectivity index (χ1) is 13.2. The van der Waals surface area contributed by atoms with Crippen LogP contribution in [0.3, 0.4) is 0 Å². The van der Waals surface area contributed by atoms with Crippen molar-refractivity contribution in [2.45, 2.75) is 6.23 Å². The molecular weight excluding hydrogens is 348 g/mol. The Balaban J connectivity index is 1.83. The zero-order chi connectivity index (χ0) is 19.1. The van der Waals surface area contributed by atoms with Crippen molar-refractivity contribution in [1.82, 2.24) is 20.5 Å². The SMILES string of the molecule is COc1ccc(C(NC(=O)N2CCNCC2)Oc2cccnc2)cc1OC. The number of benzene rings is 1. The molecule has 1 unspecified atom stereocenters. The average Bonchev–Trinajstić information content (AvgIpc) is 2.74. The van der Waals surface area contributed by atoms with Gasteiger partial charge in [-0.3, -0.25) is 10.3 Å². The number of methoxy groups -OCH3 is 2. The zero-order valence-corrected chi connectivity index (χ0v) is 15.5. The van der Waals surface area contributed by atoms with Gasteiger partial charge in [-0.25, -0.2) is 4.79 Å². The number of hydrogen-bond donors (Lipinski definition) is 2. The third-order valence-electron chi connectivity index (χ3n) is 4.26. The van der Waals surface area contributed by atoms with Gasteiger partial charge in [0, 0.05) is 37.9 Å². The van der Waals surface area contributed by atoms with Crippen LogP contribution in [0, 0.1) is 0 Å². The van der Waals surface area contributed by atoms with Gasteiger partial charge in [-0.05, 0) is 30.3 Å². The number of amides is 2. The number of urea groups is 1. The molecule has 3 rings (SSSR count). The van der Waals surface area contributed by atoms with E-state index in [1.165, 1.54) is 0 Å². The second-order valence-electron chi connectivity index (χ2n) is 5.99. The molecule has 8 heteroatoms. The Morgan fingerprint density at radius 1 is 1.19 bits per heavy atom. The van der Waals surface area contributed by atoms with Gasteiger partial charge in [0.15, 0.2) is 17.7 Å². The van der Waals surface area contributed by atoms with Gasteiger partial charge in [0.1, 0.15) is 5.75 Å². The van der Waals surface area contributed by atoms with Gasteiger partial charge in [0.2, 0.25) is 0 Å². The normalized spacial score (nSPS) is 15.0. The lowest BCUT2D eigenvalue weighted by Crippen LogP contribution is -2.51. The van der Waals surface area contributed by atoms with Crippen LogP contribution in [0.5, 0.6) is 17.2 Å². The van der Waals surface area contributed by atoms with E-state index in [-0.39, 0.29) is 6.03 Å². The predicted molar refractivity (Wildman–Crippen MR) is 100 cm³/mol. The quantitative estimate of drug-likeness (QED) is 0.752. The first-order valence-electron chi connectivity index (χ1n) is 8.76. The Labute approximate surface area is 158 Å². The van der Waals surface area contributed by atoms with Gasteiger partial charge in [-0.1, -0.05) is 0 Å². The molecule has 2 N–H and O–H groups in total. The molecule has 0 saturated carbocycles. The summed E-state index contributed by atoms with van der Waals surface area (Å²) in [7, 11) is 3.14. The minimum absolute atomic E-state index is 0.180. The van der Waals surface area contributed by atoms with Gasteiger partial charge in [-0.15, -0.1) is 0 Å². The summed E-state index contributed by atoms with van der Waals surface area (Å²) in [5.74, 6) is 1.72. The summed E-state index contributed by atoms with van der Waals surface area (Å²) in [6.07, 6.45) is 2.57. The molecule has 1 saturated heterocycles. The number of piperazine rings is 1. The lowest BCUT2D eigenvalue weighted by Gasteiger charge is -2.30. The lowest BCUT2D eigenvalue weighted by molar-refractivity contribution is 0.139. The van der Waals surface area contributed by atoms with Gasteiger partial charge in [-0.2, -0.15) is 0 Å². The molecule has 144 valence electrons. The van der Waals surface area contributed by atoms with Crippen LogP contribution in [0.15, 0.2) is 42.7 Å². The number of carbonyl (C=O) groups excluding carboxylic acids is 1. The summed E-state index contributed by atoms with van der Waals surface area (Å²) >= 11 is 0. The molecular formula is C19H24N4O4. The minimum atomic E-state index is -0.698. The number of carbonyl (C=O) groups is 1. The van der Waals surface area contributed by atoms with Crippen molar-refractivity contribution in [3.8, 4) is 17.2 Å². The van der Waals surface area contributed by atoms with Gasteiger partial charge in [0.25, 0.3) is 0 Å². The van der Waals surface area contributed by atoms with E-state index in [0.717, 1.165) is 18.7 Å². The van der Waals surface area contributed by atoms with Crippen molar-refractivity contribution < 1.29 is 19.0 Å². The molecule has 0 spiro atoms. The molecule has 1 aromatic carbocycles. The van der Waals surface area contributed by atoms with Crippen LogP contribution in [-0.4, -0.2) is 56.3 Å². The van der Waals surface area contributed by atoms with Crippen LogP contribution >= 0.6 is 0 Å². The maximum atomic E-state index is 12.7. The van der Waals surface area contributed by atoms with E-state index in [2.05, 4.69) is 15.6 Å². The van der Waals surface area contributed by atoms with Crippen molar-refractivity contribution in [2.24, 2.45) is 0 Å². The number of rotatable bonds is 6. The molecule has 0 bridgehead atoms. The molecule has 2 aromatic rings. The largest absolute Gasteiger partial charge is 0.493 e. The summed E-state index contributed by atoms with van der Waals surface area (Å²) in [6, 6.07) is 8.79. The summed E-state index contributed by atoms with van der Waals surface area (Å²) in [5, 5.41) is 6.18. The van der Waals surface area contributed by atoms with Crippen molar-refractivity contribution >= 4 is 6.03 Å². The van der Waals surface area contributed by atoms with Crippen molar-refractivity contribution in [3.63, 3.8) is 0 Å². The van der Waals surface area contributed by atoms with E-state index >= 15 is 0 Å². The fraction of sp³-hybridized carbons (Fsp3) is 0.368. The highest BCUT2D eigenvalue weighted by Gasteiger charge is 2.23. The molecule has 1 atom stereocenters. The molecule has 2 heterocycles. The van der Waals surface area contributed by atoms with E-state index in [9.17, 15) is 4.79 Å². The van der Waals surface area contributed by atoms with Crippen molar-refractivity contribution in [1.29, 1.82) is 0 Å². The summed E-state index contributed by atoms with van der Waals surface area (Å²) < 4.78 is 16.7. The van der Waals surface area contributed by atoms with Crippen LogP contribution in [0.2, 0.25) is 0 Å². The molecule has 8 nitrogen and oxygen atoms in total. The number of hydrogen-bond acceptors (Lipinski definition) is 6. The molecule has 0 radical (unpaired) electrons. The molecule has 1 aliphatic rings. The van der Waals surface area contributed by atoms with Crippen molar-refractivity contribution in [2.75, 3.05) is 40.4 Å². The maximum Gasteiger partial charge on any atom is 0.320 e. The second kappa shape index (κ2) is 9.09. The maximum absolute atomic E-state index is 12.7. The van der Waals surface area contributed by atoms with Gasteiger partial charge < -0.3 is 24.4 Å². The number of pyridine rings is 1. The van der Waals surface area contributed by atoms with Crippen molar-refractivity contribution in [3.05, 3.63) is 48.3 Å². The van der Waals surface area contributed by atoms with Crippen LogP contribution in [0.1, 0.15) is 11.8 Å². The Bertz CT molecular complexity index is 751. The molecule has 1 fully saturated rings. The Hall–Kier alpha value is -3.00. The Morgan fingerprint density at radius 3 is 2.63 bits per heavy atom. The monoisotopic (exact) mass is 372 g/mol. The number of aromatic nitrogens is 1. The summed E-state index contributed by atoms with van der Waals surface area (Å²) in [4.78, 5) is 18.5. The summed E-state index contributed by atoms with van der Waals surface area (Å²) in [6.45, 7) is 2.85. The topological polar surface area (TPSA) is 85.0 Å². The number of nitrogens with zero attached hydrogens (tertiary/aromatic N) is 2. The van der Waals surface area contributed by atoms with Crippen LogP contribution in [-0.2, 0) is 0 Å². The smallest absolute Gasteiger partial charge is 0.320 e. The third-order valence-corrected chi connectivity index (χ3v) is 4.26. The van der Waals surface area contributed by atoms with Crippen LogP contribution in [0.4, 0.5) is 4.79 Å². The van der Waals surface area contributed by atoms with Crippen LogP contribution < -0.4 is 24.8 Å². The molecule has 27 heavy (non-hydrogen) atoms. The fourth-order valence-corrected chi connectivity index (χ4v) is 2.82. The zero-order valence-electron chi connectivity index (χ0n) is 15.5. The van der Waals surface area contributed by atoms with E-state index < -0.39 is 6.23 Å². The Morgan fingerprint density at radius 2 is 1.96 bits per heavy atom. The van der Waals surface area contributed by atoms with E-state index in [1.54, 1.807) is 55.8 Å². The Kier molecular flexibility index (Phi) is 6.32. The molecule has 2 amide bonds. The highest BCUT2D eigenvalue weighted by Crippen LogP contribution is 2.31. The average molecular weight is 372 g/mol. The predicted octanol–water partition coefficient (Wildman–Crippen LogP) is 1.79. The van der Waals surface area contributed by atoms with Gasteiger partial charge >= 0.3 is 6.03 Å². The molecule has 1 aliphatic heterocycles. The first kappa shape index (κ1) is 18.8. The standard InChI is InChI=1S/C19H24N4O4/c1-25-16-6-5-14(12-17(16)26-2)18(27-15-4-3-7-21-13-15)22-19(24)23-10-8-20-9-11-23/h3-7,12-13,18,20H,8-11H2,1-2H3,(H,22,24). The lowest BCUT2D eigenvalue weighted by atomic mass is 10.1. The molecule has 0 aliphatic carbocycles. The van der Waals surface area contributed by atoms with Crippen LogP contribution in [0.25, 0.3) is 0 Å². The first-order valence-corrected chi connectivity index (χ1v) is 8.76. The minimum Gasteiger partial charge on any atom is -0.493 e. The van der Waals surface area contributed by atoms with E-state index in [1.807, 2.05) is 6.07 Å². The number of ether oxygens (including phenoxy) is 3. The fourth-order valence-electron chi connectivity index (χ4n) is 2.82. The third kappa shape index (κ3) is 4.79. The number of nitrogens with one attached hydrogen (secondary N) is 2.